The predicted molar refractivity (Wildman–Crippen MR) is 88.7 cm³/mol. The molecule has 0 saturated heterocycles. The maximum Gasteiger partial charge on any atom is 0.310 e. The molecule has 0 amide bonds. The van der Waals surface area contributed by atoms with E-state index in [4.69, 9.17) is 5.73 Å². The van der Waals surface area contributed by atoms with Crippen molar-refractivity contribution in [1.29, 1.82) is 0 Å². The molecule has 0 aliphatic carbocycles. The summed E-state index contributed by atoms with van der Waals surface area (Å²) in [5.41, 5.74) is 6.39. The molecule has 0 aromatic heterocycles. The molecule has 0 bridgehead atoms. The van der Waals surface area contributed by atoms with Crippen LogP contribution in [0.4, 0.5) is 0 Å². The van der Waals surface area contributed by atoms with Gasteiger partial charge in [0, 0.05) is 6.54 Å². The van der Waals surface area contributed by atoms with E-state index in [2.05, 4.69) is 6.92 Å². The Kier molecular flexibility index (Phi) is 8.78. The number of unbranched alkanes of at least 4 members (excludes halogenated alkanes) is 3. The van der Waals surface area contributed by atoms with Crippen molar-refractivity contribution in [3.63, 3.8) is 0 Å². The van der Waals surface area contributed by atoms with Crippen LogP contribution in [-0.4, -0.2) is 28.8 Å². The van der Waals surface area contributed by atoms with E-state index in [1.54, 1.807) is 0 Å². The van der Waals surface area contributed by atoms with Crippen molar-refractivity contribution in [2.24, 2.45) is 11.7 Å². The van der Waals surface area contributed by atoms with Crippen LogP contribution in [0.2, 0.25) is 0 Å². The molecule has 1 aromatic carbocycles. The molecule has 0 aliphatic rings. The second-order valence-corrected chi connectivity index (χ2v) is 5.95. The molecule has 124 valence electrons. The third-order valence-corrected chi connectivity index (χ3v) is 4.25. The van der Waals surface area contributed by atoms with E-state index < -0.39 is 18.0 Å². The lowest BCUT2D eigenvalue weighted by atomic mass is 9.83. The standard InChI is InChI=1S/C18H29NO3/c1-2-3-4-6-11-15(17(20)13-19)12-16(18(21)22)14-9-7-5-8-10-14/h5,7-10,15-17,20H,2-4,6,11-13,19H2,1H3,(H,21,22). The summed E-state index contributed by atoms with van der Waals surface area (Å²) in [6.45, 7) is 2.33. The lowest BCUT2D eigenvalue weighted by molar-refractivity contribution is -0.139. The number of nitrogens with two attached hydrogens (primary N) is 1. The van der Waals surface area contributed by atoms with E-state index in [0.717, 1.165) is 31.2 Å². The fourth-order valence-corrected chi connectivity index (χ4v) is 2.86. The van der Waals surface area contributed by atoms with Gasteiger partial charge in [-0.2, -0.15) is 0 Å². The van der Waals surface area contributed by atoms with Crippen molar-refractivity contribution in [3.8, 4) is 0 Å². The first-order chi connectivity index (χ1) is 10.6. The Bertz CT molecular complexity index is 422. The summed E-state index contributed by atoms with van der Waals surface area (Å²) in [7, 11) is 0. The summed E-state index contributed by atoms with van der Waals surface area (Å²) < 4.78 is 0. The molecule has 0 spiro atoms. The molecule has 0 radical (unpaired) electrons. The van der Waals surface area contributed by atoms with E-state index in [-0.39, 0.29) is 12.5 Å². The summed E-state index contributed by atoms with van der Waals surface area (Å²) in [6.07, 6.45) is 5.09. The van der Waals surface area contributed by atoms with E-state index >= 15 is 0 Å². The van der Waals surface area contributed by atoms with Crippen molar-refractivity contribution < 1.29 is 15.0 Å². The Labute approximate surface area is 133 Å². The van der Waals surface area contributed by atoms with Crippen molar-refractivity contribution in [3.05, 3.63) is 35.9 Å². The van der Waals surface area contributed by atoms with Crippen LogP contribution in [0, 0.1) is 5.92 Å². The van der Waals surface area contributed by atoms with Gasteiger partial charge in [0.1, 0.15) is 0 Å². The van der Waals surface area contributed by atoms with Gasteiger partial charge in [0.05, 0.1) is 12.0 Å². The zero-order valence-electron chi connectivity index (χ0n) is 13.4. The number of aliphatic hydroxyl groups is 1. The van der Waals surface area contributed by atoms with Gasteiger partial charge in [-0.05, 0) is 24.3 Å². The molecule has 3 unspecified atom stereocenters. The average molecular weight is 307 g/mol. The van der Waals surface area contributed by atoms with Gasteiger partial charge in [0.2, 0.25) is 0 Å². The zero-order chi connectivity index (χ0) is 16.4. The van der Waals surface area contributed by atoms with Gasteiger partial charge in [-0.25, -0.2) is 0 Å². The lowest BCUT2D eigenvalue weighted by Gasteiger charge is -2.25. The highest BCUT2D eigenvalue weighted by atomic mass is 16.4. The van der Waals surface area contributed by atoms with Crippen LogP contribution in [0.3, 0.4) is 0 Å². The smallest absolute Gasteiger partial charge is 0.310 e. The number of carboxylic acids is 1. The Morgan fingerprint density at radius 1 is 1.18 bits per heavy atom. The summed E-state index contributed by atoms with van der Waals surface area (Å²) in [5.74, 6) is -1.49. The maximum atomic E-state index is 11.6. The maximum absolute atomic E-state index is 11.6. The van der Waals surface area contributed by atoms with Crippen molar-refractivity contribution in [1.82, 2.24) is 0 Å². The summed E-state index contributed by atoms with van der Waals surface area (Å²) >= 11 is 0. The fourth-order valence-electron chi connectivity index (χ4n) is 2.86. The molecular formula is C18H29NO3. The van der Waals surface area contributed by atoms with Crippen LogP contribution < -0.4 is 5.73 Å². The van der Waals surface area contributed by atoms with Crippen LogP contribution in [-0.2, 0) is 4.79 Å². The second kappa shape index (κ2) is 10.4. The minimum atomic E-state index is -0.839. The van der Waals surface area contributed by atoms with Crippen LogP contribution in [0.25, 0.3) is 0 Å². The molecule has 1 rings (SSSR count). The topological polar surface area (TPSA) is 83.5 Å². The van der Waals surface area contributed by atoms with Crippen molar-refractivity contribution in [2.75, 3.05) is 6.54 Å². The molecule has 0 heterocycles. The minimum Gasteiger partial charge on any atom is -0.481 e. The van der Waals surface area contributed by atoms with E-state index in [1.807, 2.05) is 30.3 Å². The number of hydrogen-bond acceptors (Lipinski definition) is 3. The second-order valence-electron chi connectivity index (χ2n) is 5.95. The van der Waals surface area contributed by atoms with Crippen LogP contribution in [0.15, 0.2) is 30.3 Å². The molecule has 0 saturated carbocycles. The lowest BCUT2D eigenvalue weighted by Crippen LogP contribution is -2.31. The third-order valence-electron chi connectivity index (χ3n) is 4.25. The van der Waals surface area contributed by atoms with Gasteiger partial charge < -0.3 is 15.9 Å². The number of aliphatic hydroxyl groups excluding tert-OH is 1. The monoisotopic (exact) mass is 307 g/mol. The Hall–Kier alpha value is -1.39. The summed E-state index contributed by atoms with van der Waals surface area (Å²) in [4.78, 5) is 11.6. The predicted octanol–water partition coefficient (Wildman–Crippen LogP) is 3.15. The molecule has 0 aliphatic heterocycles. The number of benzene rings is 1. The van der Waals surface area contributed by atoms with E-state index in [0.29, 0.717) is 6.42 Å². The first kappa shape index (κ1) is 18.7. The van der Waals surface area contributed by atoms with Crippen molar-refractivity contribution >= 4 is 5.97 Å². The highest BCUT2D eigenvalue weighted by Gasteiger charge is 2.27. The van der Waals surface area contributed by atoms with Gasteiger partial charge in [0.25, 0.3) is 0 Å². The fraction of sp³-hybridized carbons (Fsp3) is 0.611. The van der Waals surface area contributed by atoms with Gasteiger partial charge >= 0.3 is 5.97 Å². The van der Waals surface area contributed by atoms with Gasteiger partial charge in [0.15, 0.2) is 0 Å². The number of rotatable bonds is 11. The van der Waals surface area contributed by atoms with Gasteiger partial charge in [-0.1, -0.05) is 62.9 Å². The molecule has 1 aromatic rings. The molecule has 3 atom stereocenters. The van der Waals surface area contributed by atoms with E-state index in [1.165, 1.54) is 6.42 Å². The molecule has 0 fully saturated rings. The SMILES string of the molecule is CCCCCCC(CC(C(=O)O)c1ccccc1)C(O)CN. The quantitative estimate of drug-likeness (QED) is 0.548. The molecule has 4 N–H and O–H groups in total. The van der Waals surface area contributed by atoms with Crippen molar-refractivity contribution in [2.45, 2.75) is 57.5 Å². The van der Waals surface area contributed by atoms with E-state index in [9.17, 15) is 15.0 Å². The number of hydrogen-bond donors (Lipinski definition) is 3. The molecule has 4 heteroatoms. The Balaban J connectivity index is 2.73. The molecule has 4 nitrogen and oxygen atoms in total. The summed E-state index contributed by atoms with van der Waals surface area (Å²) in [6, 6.07) is 9.24. The number of carbonyl (C=O) groups is 1. The number of carboxylic acid groups (broad SMARTS) is 1. The Morgan fingerprint density at radius 3 is 2.41 bits per heavy atom. The highest BCUT2D eigenvalue weighted by Crippen LogP contribution is 2.29. The van der Waals surface area contributed by atoms with Crippen LogP contribution in [0.1, 0.15) is 56.9 Å². The van der Waals surface area contributed by atoms with Gasteiger partial charge in [-0.3, -0.25) is 4.79 Å². The third kappa shape index (κ3) is 6.16. The van der Waals surface area contributed by atoms with Gasteiger partial charge in [-0.15, -0.1) is 0 Å². The largest absolute Gasteiger partial charge is 0.481 e. The average Bonchev–Trinajstić information content (AvgIpc) is 2.54. The zero-order valence-corrected chi connectivity index (χ0v) is 13.4. The molecular weight excluding hydrogens is 278 g/mol. The molecule has 22 heavy (non-hydrogen) atoms. The summed E-state index contributed by atoms with van der Waals surface area (Å²) in [5, 5.41) is 19.7. The highest BCUT2D eigenvalue weighted by molar-refractivity contribution is 5.76. The normalized spacial score (nSPS) is 15.2. The first-order valence-electron chi connectivity index (χ1n) is 8.26. The van der Waals surface area contributed by atoms with Crippen LogP contribution >= 0.6 is 0 Å². The van der Waals surface area contributed by atoms with Crippen LogP contribution in [0.5, 0.6) is 0 Å². The minimum absolute atomic E-state index is 0.0665. The number of aliphatic carboxylic acids is 1. The Morgan fingerprint density at radius 2 is 1.86 bits per heavy atom. The first-order valence-corrected chi connectivity index (χ1v) is 8.26.